The van der Waals surface area contributed by atoms with E-state index in [0.29, 0.717) is 0 Å². The highest BCUT2D eigenvalue weighted by Gasteiger charge is 2.28. The predicted octanol–water partition coefficient (Wildman–Crippen LogP) is 3.25. The Bertz CT molecular complexity index is 455. The van der Waals surface area contributed by atoms with Crippen LogP contribution in [-0.4, -0.2) is 35.1 Å². The SMILES string of the molecule is CCCc1sc(C(=O)N2CCCCC2CO)cc1CC. The lowest BCUT2D eigenvalue weighted by molar-refractivity contribution is 0.0507. The minimum atomic E-state index is 0.0121. The largest absolute Gasteiger partial charge is 0.394 e. The number of aliphatic hydroxyl groups excluding tert-OH is 1. The van der Waals surface area contributed by atoms with Gasteiger partial charge in [0.2, 0.25) is 0 Å². The average Bonchev–Trinajstić information content (AvgIpc) is 2.90. The maximum Gasteiger partial charge on any atom is 0.264 e. The number of thiophene rings is 1. The van der Waals surface area contributed by atoms with Crippen LogP contribution in [0.3, 0.4) is 0 Å². The molecule has 0 aliphatic carbocycles. The van der Waals surface area contributed by atoms with Gasteiger partial charge in [0, 0.05) is 11.4 Å². The van der Waals surface area contributed by atoms with Gasteiger partial charge >= 0.3 is 0 Å². The monoisotopic (exact) mass is 295 g/mol. The molecule has 1 saturated heterocycles. The third kappa shape index (κ3) is 3.23. The fourth-order valence-corrected chi connectivity index (χ4v) is 4.22. The molecule has 2 rings (SSSR count). The fraction of sp³-hybridized carbons (Fsp3) is 0.688. The molecule has 1 amide bonds. The Hall–Kier alpha value is -0.870. The first kappa shape index (κ1) is 15.5. The second kappa shape index (κ2) is 7.23. The van der Waals surface area contributed by atoms with E-state index in [4.69, 9.17) is 0 Å². The highest BCUT2D eigenvalue weighted by atomic mass is 32.1. The zero-order valence-corrected chi connectivity index (χ0v) is 13.3. The Morgan fingerprint density at radius 2 is 2.25 bits per heavy atom. The van der Waals surface area contributed by atoms with Crippen LogP contribution in [0, 0.1) is 0 Å². The number of hydrogen-bond donors (Lipinski definition) is 1. The molecule has 1 aromatic heterocycles. The van der Waals surface area contributed by atoms with E-state index < -0.39 is 0 Å². The Morgan fingerprint density at radius 1 is 1.45 bits per heavy atom. The van der Waals surface area contributed by atoms with Crippen LogP contribution in [0.25, 0.3) is 0 Å². The molecule has 20 heavy (non-hydrogen) atoms. The van der Waals surface area contributed by atoms with Gasteiger partial charge in [-0.05, 0) is 43.7 Å². The molecule has 4 heteroatoms. The number of carbonyl (C=O) groups excluding carboxylic acids is 1. The quantitative estimate of drug-likeness (QED) is 0.906. The molecule has 1 unspecified atom stereocenters. The van der Waals surface area contributed by atoms with Gasteiger partial charge in [0.25, 0.3) is 5.91 Å². The van der Waals surface area contributed by atoms with Crippen molar-refractivity contribution < 1.29 is 9.90 Å². The van der Waals surface area contributed by atoms with Crippen molar-refractivity contribution in [2.45, 2.75) is 58.4 Å². The zero-order chi connectivity index (χ0) is 14.5. The van der Waals surface area contributed by atoms with Crippen molar-refractivity contribution in [1.29, 1.82) is 0 Å². The number of carbonyl (C=O) groups is 1. The Balaban J connectivity index is 2.19. The number of likely N-dealkylation sites (tertiary alicyclic amines) is 1. The standard InChI is InChI=1S/C16H25NO2S/c1-3-7-14-12(4-2)10-15(20-14)16(19)17-9-6-5-8-13(17)11-18/h10,13,18H,3-9,11H2,1-2H3. The molecular formula is C16H25NO2S. The van der Waals surface area contributed by atoms with Gasteiger partial charge in [0.05, 0.1) is 17.5 Å². The van der Waals surface area contributed by atoms with E-state index in [1.807, 2.05) is 4.90 Å². The van der Waals surface area contributed by atoms with Crippen molar-refractivity contribution >= 4 is 17.2 Å². The first-order valence-corrected chi connectivity index (χ1v) is 8.56. The highest BCUT2D eigenvalue weighted by molar-refractivity contribution is 7.14. The third-order valence-electron chi connectivity index (χ3n) is 4.06. The Morgan fingerprint density at radius 3 is 2.90 bits per heavy atom. The van der Waals surface area contributed by atoms with Gasteiger partial charge in [0.15, 0.2) is 0 Å². The lowest BCUT2D eigenvalue weighted by Gasteiger charge is -2.34. The predicted molar refractivity (Wildman–Crippen MR) is 83.5 cm³/mol. The molecule has 1 aliphatic heterocycles. The summed E-state index contributed by atoms with van der Waals surface area (Å²) in [4.78, 5) is 16.8. The van der Waals surface area contributed by atoms with Crippen LogP contribution >= 0.6 is 11.3 Å². The molecule has 0 spiro atoms. The summed E-state index contributed by atoms with van der Waals surface area (Å²) < 4.78 is 0. The summed E-state index contributed by atoms with van der Waals surface area (Å²) in [5.41, 5.74) is 1.32. The van der Waals surface area contributed by atoms with Crippen molar-refractivity contribution in [3.8, 4) is 0 Å². The van der Waals surface area contributed by atoms with Crippen LogP contribution in [0.4, 0.5) is 0 Å². The third-order valence-corrected chi connectivity index (χ3v) is 5.29. The average molecular weight is 295 g/mol. The molecule has 0 bridgehead atoms. The normalized spacial score (nSPS) is 19.4. The van der Waals surface area contributed by atoms with E-state index >= 15 is 0 Å². The van der Waals surface area contributed by atoms with Crippen LogP contribution in [0.5, 0.6) is 0 Å². The lowest BCUT2D eigenvalue weighted by Crippen LogP contribution is -2.45. The van der Waals surface area contributed by atoms with Crippen LogP contribution in [0.2, 0.25) is 0 Å². The summed E-state index contributed by atoms with van der Waals surface area (Å²) in [6.07, 6.45) is 6.25. The minimum absolute atomic E-state index is 0.0121. The molecule has 0 saturated carbocycles. The number of nitrogens with zero attached hydrogens (tertiary/aromatic N) is 1. The van der Waals surface area contributed by atoms with E-state index in [9.17, 15) is 9.90 Å². The van der Waals surface area contributed by atoms with Crippen molar-refractivity contribution in [3.63, 3.8) is 0 Å². The van der Waals surface area contributed by atoms with Gasteiger partial charge in [-0.15, -0.1) is 11.3 Å². The summed E-state index contributed by atoms with van der Waals surface area (Å²) in [5.74, 6) is 0.116. The van der Waals surface area contributed by atoms with Crippen molar-refractivity contribution in [2.24, 2.45) is 0 Å². The fourth-order valence-electron chi connectivity index (χ4n) is 2.91. The summed E-state index contributed by atoms with van der Waals surface area (Å²) >= 11 is 1.65. The molecule has 1 atom stereocenters. The molecule has 1 aliphatic rings. The molecule has 1 aromatic rings. The van der Waals surface area contributed by atoms with Gasteiger partial charge in [0.1, 0.15) is 0 Å². The lowest BCUT2D eigenvalue weighted by atomic mass is 10.0. The number of piperidine rings is 1. The summed E-state index contributed by atoms with van der Waals surface area (Å²) in [5, 5.41) is 9.46. The van der Waals surface area contributed by atoms with Gasteiger partial charge in [-0.25, -0.2) is 0 Å². The van der Waals surface area contributed by atoms with E-state index in [2.05, 4.69) is 19.9 Å². The Kier molecular flexibility index (Phi) is 5.61. The van der Waals surface area contributed by atoms with Gasteiger partial charge in [-0.1, -0.05) is 20.3 Å². The molecule has 1 N–H and O–H groups in total. The molecule has 0 radical (unpaired) electrons. The molecular weight excluding hydrogens is 270 g/mol. The molecule has 1 fully saturated rings. The van der Waals surface area contributed by atoms with Gasteiger partial charge in [-0.2, -0.15) is 0 Å². The molecule has 112 valence electrons. The van der Waals surface area contributed by atoms with E-state index in [1.165, 1.54) is 10.4 Å². The van der Waals surface area contributed by atoms with Crippen LogP contribution in [0.15, 0.2) is 6.07 Å². The number of rotatable bonds is 5. The van der Waals surface area contributed by atoms with Crippen LogP contribution in [-0.2, 0) is 12.8 Å². The number of aliphatic hydroxyl groups is 1. The molecule has 2 heterocycles. The van der Waals surface area contributed by atoms with Crippen molar-refractivity contribution in [3.05, 3.63) is 21.4 Å². The summed E-state index contributed by atoms with van der Waals surface area (Å²) in [7, 11) is 0. The summed E-state index contributed by atoms with van der Waals surface area (Å²) in [6.45, 7) is 5.19. The molecule has 3 nitrogen and oxygen atoms in total. The smallest absolute Gasteiger partial charge is 0.264 e. The first-order valence-electron chi connectivity index (χ1n) is 7.74. The van der Waals surface area contributed by atoms with Crippen LogP contribution < -0.4 is 0 Å². The van der Waals surface area contributed by atoms with Gasteiger partial charge in [-0.3, -0.25) is 4.79 Å². The van der Waals surface area contributed by atoms with Crippen molar-refractivity contribution in [1.82, 2.24) is 4.90 Å². The van der Waals surface area contributed by atoms with E-state index in [0.717, 1.165) is 49.9 Å². The number of amides is 1. The molecule has 0 aromatic carbocycles. The second-order valence-electron chi connectivity index (χ2n) is 5.49. The number of hydrogen-bond acceptors (Lipinski definition) is 3. The van der Waals surface area contributed by atoms with Gasteiger partial charge < -0.3 is 10.0 Å². The first-order chi connectivity index (χ1) is 9.71. The number of aryl methyl sites for hydroxylation is 2. The van der Waals surface area contributed by atoms with E-state index in [-0.39, 0.29) is 18.6 Å². The minimum Gasteiger partial charge on any atom is -0.394 e. The highest BCUT2D eigenvalue weighted by Crippen LogP contribution is 2.28. The second-order valence-corrected chi connectivity index (χ2v) is 6.63. The van der Waals surface area contributed by atoms with E-state index in [1.54, 1.807) is 11.3 Å². The zero-order valence-electron chi connectivity index (χ0n) is 12.5. The topological polar surface area (TPSA) is 40.5 Å². The maximum atomic E-state index is 12.7. The van der Waals surface area contributed by atoms with Crippen LogP contribution in [0.1, 0.15) is 59.6 Å². The summed E-state index contributed by atoms with van der Waals surface area (Å²) in [6, 6.07) is 2.08. The van der Waals surface area contributed by atoms with Crippen molar-refractivity contribution in [2.75, 3.05) is 13.2 Å². The maximum absolute atomic E-state index is 12.7. The Labute approximate surface area is 125 Å².